The van der Waals surface area contributed by atoms with Gasteiger partial charge in [0, 0.05) is 6.04 Å². The van der Waals surface area contributed by atoms with Gasteiger partial charge in [0.25, 0.3) is 0 Å². The van der Waals surface area contributed by atoms with Crippen LogP contribution in [0.3, 0.4) is 0 Å². The van der Waals surface area contributed by atoms with Gasteiger partial charge in [-0.05, 0) is 31.9 Å². The summed E-state index contributed by atoms with van der Waals surface area (Å²) in [7, 11) is 0. The molecule has 1 aliphatic rings. The van der Waals surface area contributed by atoms with Crippen LogP contribution in [0.25, 0.3) is 11.0 Å². The third-order valence-corrected chi connectivity index (χ3v) is 3.17. The normalized spacial score (nSPS) is 14.4. The van der Waals surface area contributed by atoms with Crippen LogP contribution in [0.1, 0.15) is 40.7 Å². The summed E-state index contributed by atoms with van der Waals surface area (Å²) in [6.07, 6.45) is -0.433. The summed E-state index contributed by atoms with van der Waals surface area (Å²) in [6.45, 7) is 11.2. The lowest BCUT2D eigenvalue weighted by Gasteiger charge is -2.17. The van der Waals surface area contributed by atoms with Gasteiger partial charge in [0.2, 0.25) is 5.95 Å². The minimum Gasteiger partial charge on any atom is -0.447 e. The number of anilines is 1. The zero-order valence-corrected chi connectivity index (χ0v) is 14.3. The van der Waals surface area contributed by atoms with Gasteiger partial charge in [0.05, 0.1) is 12.1 Å². The van der Waals surface area contributed by atoms with Crippen molar-refractivity contribution < 1.29 is 13.9 Å². The molecule has 0 bridgehead atoms. The Morgan fingerprint density at radius 2 is 1.87 bits per heavy atom. The van der Waals surface area contributed by atoms with E-state index in [9.17, 15) is 9.18 Å². The van der Waals surface area contributed by atoms with Crippen molar-refractivity contribution in [1.82, 2.24) is 9.55 Å². The molecule has 1 aromatic carbocycles. The van der Waals surface area contributed by atoms with Crippen LogP contribution in [-0.4, -0.2) is 28.8 Å². The molecule has 0 N–H and O–H groups in total. The first-order valence-corrected chi connectivity index (χ1v) is 7.93. The Balaban J connectivity index is 0.000000433. The molecule has 1 amide bonds. The number of rotatable bonds is 2. The smallest absolute Gasteiger partial charge is 0.416 e. The molecule has 6 heteroatoms. The lowest BCUT2D eigenvalue weighted by Crippen LogP contribution is -2.27. The SMILES string of the molecule is CC(C)C.CC(C)n1c(N2CCOC2=O)nc2c(F)cccc21. The molecule has 2 aromatic rings. The summed E-state index contributed by atoms with van der Waals surface area (Å²) in [4.78, 5) is 17.4. The Hall–Kier alpha value is -2.11. The number of amides is 1. The van der Waals surface area contributed by atoms with Crippen molar-refractivity contribution in [2.45, 2.75) is 40.7 Å². The van der Waals surface area contributed by atoms with Crippen molar-refractivity contribution >= 4 is 23.1 Å². The average Bonchev–Trinajstić information content (AvgIpc) is 3.01. The Kier molecular flexibility index (Phi) is 5.23. The van der Waals surface area contributed by atoms with E-state index in [4.69, 9.17) is 4.74 Å². The molecule has 0 spiro atoms. The monoisotopic (exact) mass is 321 g/mol. The highest BCUT2D eigenvalue weighted by Crippen LogP contribution is 2.29. The van der Waals surface area contributed by atoms with Crippen molar-refractivity contribution in [1.29, 1.82) is 0 Å². The molecule has 1 aliphatic heterocycles. The molecule has 0 radical (unpaired) electrons. The number of hydrogen-bond donors (Lipinski definition) is 0. The molecule has 23 heavy (non-hydrogen) atoms. The number of carbonyl (C=O) groups is 1. The molecule has 1 saturated heterocycles. The zero-order valence-electron chi connectivity index (χ0n) is 14.3. The number of carbonyl (C=O) groups excluding carboxylic acids is 1. The van der Waals surface area contributed by atoms with Gasteiger partial charge in [-0.1, -0.05) is 26.8 Å². The lowest BCUT2D eigenvalue weighted by molar-refractivity contribution is 0.181. The fourth-order valence-corrected chi connectivity index (χ4v) is 2.35. The fourth-order valence-electron chi connectivity index (χ4n) is 2.35. The van der Waals surface area contributed by atoms with Gasteiger partial charge in [0.1, 0.15) is 12.1 Å². The Morgan fingerprint density at radius 3 is 2.39 bits per heavy atom. The van der Waals surface area contributed by atoms with Crippen LogP contribution in [0.2, 0.25) is 0 Å². The number of imidazole rings is 1. The van der Waals surface area contributed by atoms with E-state index in [0.717, 1.165) is 5.92 Å². The topological polar surface area (TPSA) is 47.4 Å². The van der Waals surface area contributed by atoms with Gasteiger partial charge in [-0.3, -0.25) is 0 Å². The Labute approximate surface area is 136 Å². The van der Waals surface area contributed by atoms with Crippen LogP contribution in [0.15, 0.2) is 18.2 Å². The third-order valence-electron chi connectivity index (χ3n) is 3.17. The van der Waals surface area contributed by atoms with E-state index in [1.807, 2.05) is 18.4 Å². The number of aromatic nitrogens is 2. The van der Waals surface area contributed by atoms with Crippen LogP contribution < -0.4 is 4.90 Å². The summed E-state index contributed by atoms with van der Waals surface area (Å²) < 4.78 is 20.6. The van der Waals surface area contributed by atoms with E-state index in [-0.39, 0.29) is 17.4 Å². The summed E-state index contributed by atoms with van der Waals surface area (Å²) in [5.41, 5.74) is 0.968. The van der Waals surface area contributed by atoms with Crippen LogP contribution >= 0.6 is 0 Å². The van der Waals surface area contributed by atoms with Crippen LogP contribution in [0.4, 0.5) is 15.1 Å². The Bertz CT molecular complexity index is 692. The first kappa shape index (κ1) is 17.2. The second-order valence-electron chi connectivity index (χ2n) is 6.48. The summed E-state index contributed by atoms with van der Waals surface area (Å²) >= 11 is 0. The van der Waals surface area contributed by atoms with E-state index >= 15 is 0 Å². The molecule has 0 saturated carbocycles. The highest BCUT2D eigenvalue weighted by molar-refractivity contribution is 5.90. The first-order valence-electron chi connectivity index (χ1n) is 7.93. The predicted octanol–water partition coefficient (Wildman–Crippen LogP) is 4.38. The van der Waals surface area contributed by atoms with Crippen LogP contribution in [0.5, 0.6) is 0 Å². The molecule has 0 unspecified atom stereocenters. The third kappa shape index (κ3) is 3.63. The largest absolute Gasteiger partial charge is 0.447 e. The molecular formula is C17H24FN3O2. The number of halogens is 1. The van der Waals surface area contributed by atoms with Gasteiger partial charge in [-0.25, -0.2) is 19.1 Å². The minimum atomic E-state index is -0.433. The first-order chi connectivity index (χ1) is 10.8. The quantitative estimate of drug-likeness (QED) is 0.825. The summed E-state index contributed by atoms with van der Waals surface area (Å²) in [5.74, 6) is 0.892. The molecule has 0 atom stereocenters. The van der Waals surface area contributed by atoms with Crippen molar-refractivity contribution in [3.63, 3.8) is 0 Å². The number of hydrogen-bond acceptors (Lipinski definition) is 3. The van der Waals surface area contributed by atoms with Crippen LogP contribution in [0, 0.1) is 11.7 Å². The molecule has 5 nitrogen and oxygen atoms in total. The number of cyclic esters (lactones) is 1. The zero-order chi connectivity index (χ0) is 17.1. The number of fused-ring (bicyclic) bond motifs is 1. The van der Waals surface area contributed by atoms with Gasteiger partial charge >= 0.3 is 6.09 Å². The second-order valence-corrected chi connectivity index (χ2v) is 6.48. The number of nitrogens with zero attached hydrogens (tertiary/aromatic N) is 3. The molecular weight excluding hydrogens is 297 g/mol. The fraction of sp³-hybridized carbons (Fsp3) is 0.529. The molecule has 1 fully saturated rings. The molecule has 1 aromatic heterocycles. The van der Waals surface area contributed by atoms with Crippen molar-refractivity contribution in [2.75, 3.05) is 18.1 Å². The van der Waals surface area contributed by atoms with E-state index < -0.39 is 6.09 Å². The predicted molar refractivity (Wildman–Crippen MR) is 89.3 cm³/mol. The lowest BCUT2D eigenvalue weighted by atomic mass is 10.3. The van der Waals surface area contributed by atoms with Gasteiger partial charge in [-0.15, -0.1) is 0 Å². The highest BCUT2D eigenvalue weighted by Gasteiger charge is 2.30. The molecule has 0 aliphatic carbocycles. The number of ether oxygens (including phenoxy) is 1. The van der Waals surface area contributed by atoms with E-state index in [1.165, 1.54) is 11.0 Å². The Morgan fingerprint density at radius 1 is 1.22 bits per heavy atom. The van der Waals surface area contributed by atoms with E-state index in [0.29, 0.717) is 24.6 Å². The maximum Gasteiger partial charge on any atom is 0.416 e. The average molecular weight is 321 g/mol. The molecule has 126 valence electrons. The standard InChI is InChI=1S/C13H14FN3O2.C4H10/c1-8(2)17-10-5-3-4-9(14)11(10)15-12(17)16-6-7-19-13(16)18;1-4(2)3/h3-5,8H,6-7H2,1-2H3;4H,1-3H3. The summed E-state index contributed by atoms with van der Waals surface area (Å²) in [5, 5.41) is 0. The van der Waals surface area contributed by atoms with Gasteiger partial charge in [0.15, 0.2) is 5.82 Å². The van der Waals surface area contributed by atoms with Crippen LogP contribution in [-0.2, 0) is 4.74 Å². The van der Waals surface area contributed by atoms with Gasteiger partial charge < -0.3 is 9.30 Å². The second kappa shape index (κ2) is 6.98. The van der Waals surface area contributed by atoms with Crippen molar-refractivity contribution in [2.24, 2.45) is 5.92 Å². The minimum absolute atomic E-state index is 0.0650. The maximum absolute atomic E-state index is 13.8. The maximum atomic E-state index is 13.8. The number of benzene rings is 1. The van der Waals surface area contributed by atoms with Crippen molar-refractivity contribution in [3.8, 4) is 0 Å². The molecule has 3 rings (SSSR count). The summed E-state index contributed by atoms with van der Waals surface area (Å²) in [6, 6.07) is 4.88. The van der Waals surface area contributed by atoms with E-state index in [1.54, 1.807) is 12.1 Å². The number of para-hydroxylation sites is 1. The van der Waals surface area contributed by atoms with Gasteiger partial charge in [-0.2, -0.15) is 0 Å². The van der Waals surface area contributed by atoms with Crippen molar-refractivity contribution in [3.05, 3.63) is 24.0 Å². The highest BCUT2D eigenvalue weighted by atomic mass is 19.1. The molecule has 2 heterocycles. The van der Waals surface area contributed by atoms with E-state index in [2.05, 4.69) is 25.8 Å².